The molecule has 0 spiro atoms. The van der Waals surface area contributed by atoms with E-state index >= 15 is 0 Å². The molecule has 78 valence electrons. The molecule has 0 unspecified atom stereocenters. The van der Waals surface area contributed by atoms with Crippen LogP contribution in [0.25, 0.3) is 0 Å². The SMILES string of the molecule is CC1(C)[C@@H]2CC[C@]1(C)c1ssssc12. The first-order chi connectivity index (χ1) is 6.57. The highest BCUT2D eigenvalue weighted by Gasteiger charge is 2.60. The predicted octanol–water partition coefficient (Wildman–Crippen LogP) is 5.23. The van der Waals surface area contributed by atoms with Crippen molar-refractivity contribution in [1.29, 1.82) is 0 Å². The van der Waals surface area contributed by atoms with Crippen molar-refractivity contribution in [2.24, 2.45) is 5.41 Å². The smallest absolute Gasteiger partial charge is 0.0367 e. The highest BCUT2D eigenvalue weighted by molar-refractivity contribution is 8.07. The number of fused-ring (bicyclic) bond motifs is 5. The van der Waals surface area contributed by atoms with Gasteiger partial charge in [-0.05, 0) is 36.9 Å². The number of hydrogen-bond acceptors (Lipinski definition) is 4. The first kappa shape index (κ1) is 9.82. The molecular formula is C10H14S4. The number of rotatable bonds is 0. The van der Waals surface area contributed by atoms with Gasteiger partial charge in [-0.1, -0.05) is 41.5 Å². The molecule has 0 nitrogen and oxygen atoms in total. The molecule has 0 radical (unpaired) electrons. The van der Waals surface area contributed by atoms with E-state index in [-0.39, 0.29) is 0 Å². The van der Waals surface area contributed by atoms with Gasteiger partial charge in [-0.25, -0.2) is 0 Å². The average Bonchev–Trinajstić information content (AvgIpc) is 2.49. The maximum atomic E-state index is 2.49. The van der Waals surface area contributed by atoms with Crippen LogP contribution in [0.1, 0.15) is 49.3 Å². The molecule has 0 N–H and O–H groups in total. The fourth-order valence-electron chi connectivity index (χ4n) is 3.12. The van der Waals surface area contributed by atoms with Crippen LogP contribution in [0.2, 0.25) is 0 Å². The predicted molar refractivity (Wildman–Crippen MR) is 68.7 cm³/mol. The highest BCUT2D eigenvalue weighted by Crippen LogP contribution is 2.69. The molecule has 1 aromatic heterocycles. The van der Waals surface area contributed by atoms with E-state index < -0.39 is 0 Å². The molecule has 2 aliphatic rings. The minimum Gasteiger partial charge on any atom is -0.0721 e. The van der Waals surface area contributed by atoms with Gasteiger partial charge in [0.25, 0.3) is 0 Å². The molecule has 0 amide bonds. The Labute approximate surface area is 99.1 Å². The Bertz CT molecular complexity index is 401. The fraction of sp³-hybridized carbons (Fsp3) is 0.800. The lowest BCUT2D eigenvalue weighted by Gasteiger charge is -2.34. The van der Waals surface area contributed by atoms with E-state index in [4.69, 9.17) is 0 Å². The lowest BCUT2D eigenvalue weighted by molar-refractivity contribution is 0.234. The first-order valence-electron chi connectivity index (χ1n) is 5.00. The third-order valence-electron chi connectivity index (χ3n) is 4.54. The van der Waals surface area contributed by atoms with E-state index in [9.17, 15) is 0 Å². The third-order valence-corrected chi connectivity index (χ3v) is 11.2. The van der Waals surface area contributed by atoms with Crippen LogP contribution in [-0.2, 0) is 5.41 Å². The van der Waals surface area contributed by atoms with Crippen molar-refractivity contribution in [2.75, 3.05) is 0 Å². The molecule has 1 heterocycles. The van der Waals surface area contributed by atoms with E-state index in [1.807, 2.05) is 39.4 Å². The summed E-state index contributed by atoms with van der Waals surface area (Å²) >= 11 is 0. The molecule has 1 fully saturated rings. The van der Waals surface area contributed by atoms with Crippen molar-refractivity contribution in [3.05, 3.63) is 9.75 Å². The van der Waals surface area contributed by atoms with Crippen molar-refractivity contribution < 1.29 is 0 Å². The van der Waals surface area contributed by atoms with Crippen LogP contribution >= 0.6 is 39.4 Å². The molecule has 14 heavy (non-hydrogen) atoms. The van der Waals surface area contributed by atoms with Crippen molar-refractivity contribution in [3.63, 3.8) is 0 Å². The lowest BCUT2D eigenvalue weighted by Crippen LogP contribution is -2.30. The van der Waals surface area contributed by atoms with E-state index in [0.29, 0.717) is 10.8 Å². The Morgan fingerprint density at radius 2 is 1.86 bits per heavy atom. The molecular weight excluding hydrogens is 248 g/mol. The summed E-state index contributed by atoms with van der Waals surface area (Å²) < 4.78 is 0. The van der Waals surface area contributed by atoms with E-state index in [0.717, 1.165) is 5.92 Å². The second-order valence-electron chi connectivity index (χ2n) is 5.14. The second kappa shape index (κ2) is 2.84. The summed E-state index contributed by atoms with van der Waals surface area (Å²) in [6.07, 6.45) is 2.82. The highest BCUT2D eigenvalue weighted by atomic mass is 33.4. The fourth-order valence-corrected chi connectivity index (χ4v) is 10.8. The zero-order valence-corrected chi connectivity index (χ0v) is 11.9. The summed E-state index contributed by atoms with van der Waals surface area (Å²) in [6.45, 7) is 7.43. The van der Waals surface area contributed by atoms with Gasteiger partial charge < -0.3 is 0 Å². The van der Waals surface area contributed by atoms with E-state index in [1.54, 1.807) is 9.75 Å². The minimum atomic E-state index is 0.485. The van der Waals surface area contributed by atoms with Crippen LogP contribution in [-0.4, -0.2) is 0 Å². The Kier molecular flexibility index (Phi) is 1.99. The largest absolute Gasteiger partial charge is 0.0721 e. The Morgan fingerprint density at radius 1 is 1.14 bits per heavy atom. The van der Waals surface area contributed by atoms with Gasteiger partial charge in [-0.3, -0.25) is 0 Å². The van der Waals surface area contributed by atoms with Crippen molar-refractivity contribution in [1.82, 2.24) is 0 Å². The molecule has 0 aliphatic heterocycles. The molecule has 2 atom stereocenters. The second-order valence-corrected chi connectivity index (χ2v) is 10.9. The summed E-state index contributed by atoms with van der Waals surface area (Å²) in [4.78, 5) is 3.44. The van der Waals surface area contributed by atoms with Crippen molar-refractivity contribution >= 4 is 39.4 Å². The van der Waals surface area contributed by atoms with Gasteiger partial charge >= 0.3 is 0 Å². The zero-order chi connectivity index (χ0) is 9.97. The quantitative estimate of drug-likeness (QED) is 0.561. The Balaban J connectivity index is 2.31. The van der Waals surface area contributed by atoms with Gasteiger partial charge in [0.1, 0.15) is 0 Å². The Hall–Kier alpha value is 0.620. The van der Waals surface area contributed by atoms with E-state index in [2.05, 4.69) is 20.8 Å². The summed E-state index contributed by atoms with van der Waals surface area (Å²) in [7, 11) is 7.97. The summed E-state index contributed by atoms with van der Waals surface area (Å²) in [5.74, 6) is 0.855. The van der Waals surface area contributed by atoms with E-state index in [1.165, 1.54) is 12.8 Å². The van der Waals surface area contributed by atoms with Gasteiger partial charge in [-0.15, -0.1) is 0 Å². The maximum Gasteiger partial charge on any atom is 0.0367 e. The molecule has 1 aromatic rings. The molecule has 4 heteroatoms. The van der Waals surface area contributed by atoms with Crippen molar-refractivity contribution in [3.8, 4) is 0 Å². The summed E-state index contributed by atoms with van der Waals surface area (Å²) in [5.41, 5.74) is 0.988. The van der Waals surface area contributed by atoms with Gasteiger partial charge in [-0.2, -0.15) is 0 Å². The van der Waals surface area contributed by atoms with Crippen molar-refractivity contribution in [2.45, 2.75) is 44.9 Å². The molecule has 1 saturated carbocycles. The van der Waals surface area contributed by atoms with Gasteiger partial charge in [0.15, 0.2) is 0 Å². The molecule has 0 saturated heterocycles. The first-order valence-corrected chi connectivity index (χ1v) is 9.81. The zero-order valence-electron chi connectivity index (χ0n) is 8.62. The minimum absolute atomic E-state index is 0.485. The van der Waals surface area contributed by atoms with Crippen LogP contribution in [0.4, 0.5) is 0 Å². The van der Waals surface area contributed by atoms with Gasteiger partial charge in [0.05, 0.1) is 0 Å². The topological polar surface area (TPSA) is 0 Å². The van der Waals surface area contributed by atoms with Crippen LogP contribution < -0.4 is 0 Å². The molecule has 2 bridgehead atoms. The van der Waals surface area contributed by atoms with Crippen LogP contribution in [0.5, 0.6) is 0 Å². The summed E-state index contributed by atoms with van der Waals surface area (Å²) in [6, 6.07) is 0. The van der Waals surface area contributed by atoms with Gasteiger partial charge in [0.2, 0.25) is 0 Å². The van der Waals surface area contributed by atoms with Crippen LogP contribution in [0.3, 0.4) is 0 Å². The third kappa shape index (κ3) is 0.938. The van der Waals surface area contributed by atoms with Crippen LogP contribution in [0, 0.1) is 5.41 Å². The average molecular weight is 262 g/mol. The molecule has 3 rings (SSSR count). The lowest BCUT2D eigenvalue weighted by atomic mass is 9.71. The standard InChI is InChI=1S/C10H14S4/c1-9(2)6-4-5-10(9,3)8-7(6)11-13-14-12-8/h6H,4-5H2,1-3H3/t6-,10-/m1/s1. The monoisotopic (exact) mass is 262 g/mol. The maximum absolute atomic E-state index is 2.49. The van der Waals surface area contributed by atoms with Gasteiger partial charge in [0, 0.05) is 21.1 Å². The van der Waals surface area contributed by atoms with Crippen LogP contribution in [0.15, 0.2) is 0 Å². The normalized spacial score (nSPS) is 37.2. The Morgan fingerprint density at radius 3 is 2.57 bits per heavy atom. The molecule has 2 aliphatic carbocycles. The number of hydrogen-bond donors (Lipinski definition) is 0. The molecule has 0 aromatic carbocycles. The summed E-state index contributed by atoms with van der Waals surface area (Å²) in [5, 5.41) is 0.